The fourth-order valence-corrected chi connectivity index (χ4v) is 3.57. The second-order valence-electron chi connectivity index (χ2n) is 7.20. The van der Waals surface area contributed by atoms with Crippen LogP contribution in [0.25, 0.3) is 0 Å². The lowest BCUT2D eigenvalue weighted by Gasteiger charge is -2.41. The van der Waals surface area contributed by atoms with Gasteiger partial charge >= 0.3 is 0 Å². The van der Waals surface area contributed by atoms with Crippen LogP contribution in [0.15, 0.2) is 24.4 Å². The minimum Gasteiger partial charge on any atom is -0.381 e. The van der Waals surface area contributed by atoms with E-state index in [0.717, 1.165) is 18.5 Å². The van der Waals surface area contributed by atoms with Crippen LogP contribution in [0.3, 0.4) is 0 Å². The molecule has 2 amide bonds. The molecule has 1 atom stereocenters. The first-order valence-electron chi connectivity index (χ1n) is 9.15. The average Bonchev–Trinajstić information content (AvgIpc) is 2.95. The van der Waals surface area contributed by atoms with E-state index in [4.69, 9.17) is 4.74 Å². The summed E-state index contributed by atoms with van der Waals surface area (Å²) < 4.78 is 5.58. The van der Waals surface area contributed by atoms with E-state index in [9.17, 15) is 9.59 Å². The van der Waals surface area contributed by atoms with Crippen molar-refractivity contribution in [3.8, 4) is 0 Å². The van der Waals surface area contributed by atoms with Gasteiger partial charge in [-0.1, -0.05) is 12.5 Å². The van der Waals surface area contributed by atoms with E-state index in [1.165, 1.54) is 6.42 Å². The molecule has 6 heteroatoms. The van der Waals surface area contributed by atoms with Gasteiger partial charge in [-0.25, -0.2) is 0 Å². The Morgan fingerprint density at radius 3 is 2.92 bits per heavy atom. The Labute approximate surface area is 148 Å². The highest BCUT2D eigenvalue weighted by Crippen LogP contribution is 2.40. The van der Waals surface area contributed by atoms with Crippen LogP contribution in [0.5, 0.6) is 0 Å². The molecule has 1 saturated heterocycles. The Hall–Kier alpha value is -1.95. The number of amides is 2. The number of hydrogen-bond donors (Lipinski definition) is 1. The number of pyridine rings is 1. The van der Waals surface area contributed by atoms with Crippen LogP contribution in [-0.2, 0) is 20.9 Å². The van der Waals surface area contributed by atoms with Crippen LogP contribution in [0, 0.1) is 11.3 Å². The van der Waals surface area contributed by atoms with Crippen molar-refractivity contribution < 1.29 is 14.3 Å². The van der Waals surface area contributed by atoms with E-state index in [1.807, 2.05) is 25.1 Å². The molecule has 2 heterocycles. The summed E-state index contributed by atoms with van der Waals surface area (Å²) in [7, 11) is 0. The summed E-state index contributed by atoms with van der Waals surface area (Å²) >= 11 is 0. The number of carbonyl (C=O) groups excluding carboxylic acids is 2. The molecule has 1 aromatic rings. The van der Waals surface area contributed by atoms with Crippen molar-refractivity contribution in [2.24, 2.45) is 11.3 Å². The summed E-state index contributed by atoms with van der Waals surface area (Å²) in [5.74, 6) is -0.251. The normalized spacial score (nSPS) is 21.9. The van der Waals surface area contributed by atoms with E-state index in [2.05, 4.69) is 10.3 Å². The van der Waals surface area contributed by atoms with Gasteiger partial charge in [0.15, 0.2) is 0 Å². The van der Waals surface area contributed by atoms with Gasteiger partial charge in [-0.2, -0.15) is 0 Å². The van der Waals surface area contributed by atoms with Crippen molar-refractivity contribution in [2.75, 3.05) is 26.3 Å². The summed E-state index contributed by atoms with van der Waals surface area (Å²) in [6.07, 6.45) is 5.40. The topological polar surface area (TPSA) is 71.5 Å². The Morgan fingerprint density at radius 1 is 1.44 bits per heavy atom. The quantitative estimate of drug-likeness (QED) is 0.779. The predicted octanol–water partition coefficient (Wildman–Crippen LogP) is 1.75. The van der Waals surface area contributed by atoms with Crippen molar-refractivity contribution in [1.29, 1.82) is 0 Å². The molecule has 1 aromatic heterocycles. The molecular weight excluding hydrogens is 318 g/mol. The maximum Gasteiger partial charge on any atom is 0.225 e. The largest absolute Gasteiger partial charge is 0.381 e. The van der Waals surface area contributed by atoms with Crippen LogP contribution in [0.2, 0.25) is 0 Å². The molecule has 0 spiro atoms. The predicted molar refractivity (Wildman–Crippen MR) is 93.5 cm³/mol. The number of ether oxygens (including phenoxy) is 1. The molecule has 136 valence electrons. The van der Waals surface area contributed by atoms with Gasteiger partial charge < -0.3 is 15.0 Å². The first-order chi connectivity index (χ1) is 12.1. The Morgan fingerprint density at radius 2 is 2.28 bits per heavy atom. The third-order valence-electron chi connectivity index (χ3n) is 5.33. The molecule has 0 radical (unpaired) electrons. The van der Waals surface area contributed by atoms with Crippen LogP contribution >= 0.6 is 0 Å². The van der Waals surface area contributed by atoms with Gasteiger partial charge in [-0.05, 0) is 31.9 Å². The van der Waals surface area contributed by atoms with Gasteiger partial charge in [0.1, 0.15) is 0 Å². The molecule has 2 aliphatic rings. The number of aromatic nitrogens is 1. The SMILES string of the molecule is CCOCC1(CNC(=O)[C@@H]2CC(=O)N(Cc3ccccn3)C2)CCC1. The summed E-state index contributed by atoms with van der Waals surface area (Å²) in [5.41, 5.74) is 0.948. The zero-order chi connectivity index (χ0) is 17.7. The number of nitrogens with zero attached hydrogens (tertiary/aromatic N) is 2. The lowest BCUT2D eigenvalue weighted by molar-refractivity contribution is -0.129. The number of rotatable bonds is 8. The fraction of sp³-hybridized carbons (Fsp3) is 0.632. The molecule has 0 bridgehead atoms. The van der Waals surface area contributed by atoms with Gasteiger partial charge in [-0.15, -0.1) is 0 Å². The second kappa shape index (κ2) is 7.95. The zero-order valence-corrected chi connectivity index (χ0v) is 14.9. The van der Waals surface area contributed by atoms with Crippen molar-refractivity contribution in [1.82, 2.24) is 15.2 Å². The minimum absolute atomic E-state index is 0.0142. The molecule has 1 aliphatic heterocycles. The first kappa shape index (κ1) is 17.9. The molecule has 25 heavy (non-hydrogen) atoms. The maximum absolute atomic E-state index is 12.5. The summed E-state index contributed by atoms with van der Waals surface area (Å²) in [4.78, 5) is 30.7. The summed E-state index contributed by atoms with van der Waals surface area (Å²) in [6, 6.07) is 5.66. The smallest absolute Gasteiger partial charge is 0.225 e. The van der Waals surface area contributed by atoms with Crippen LogP contribution in [0.1, 0.15) is 38.3 Å². The number of likely N-dealkylation sites (tertiary alicyclic amines) is 1. The molecular formula is C19H27N3O3. The molecule has 1 aliphatic carbocycles. The number of nitrogens with one attached hydrogen (secondary N) is 1. The van der Waals surface area contributed by atoms with Crippen molar-refractivity contribution in [3.63, 3.8) is 0 Å². The minimum atomic E-state index is -0.263. The summed E-state index contributed by atoms with van der Waals surface area (Å²) in [6.45, 7) is 4.99. The highest BCUT2D eigenvalue weighted by Gasteiger charge is 2.39. The van der Waals surface area contributed by atoms with Crippen LogP contribution < -0.4 is 5.32 Å². The van der Waals surface area contributed by atoms with E-state index >= 15 is 0 Å². The lowest BCUT2D eigenvalue weighted by atomic mass is 9.69. The monoisotopic (exact) mass is 345 g/mol. The van der Waals surface area contributed by atoms with Gasteiger partial charge in [-0.3, -0.25) is 14.6 Å². The summed E-state index contributed by atoms with van der Waals surface area (Å²) in [5, 5.41) is 3.07. The van der Waals surface area contributed by atoms with Crippen LogP contribution in [-0.4, -0.2) is 48.0 Å². The third kappa shape index (κ3) is 4.37. The molecule has 0 aromatic carbocycles. The molecule has 2 fully saturated rings. The van der Waals surface area contributed by atoms with Gasteiger partial charge in [0.25, 0.3) is 0 Å². The molecule has 3 rings (SSSR count). The highest BCUT2D eigenvalue weighted by atomic mass is 16.5. The molecule has 6 nitrogen and oxygen atoms in total. The fourth-order valence-electron chi connectivity index (χ4n) is 3.57. The van der Waals surface area contributed by atoms with Gasteiger partial charge in [0.05, 0.1) is 24.8 Å². The number of hydrogen-bond acceptors (Lipinski definition) is 4. The van der Waals surface area contributed by atoms with Crippen molar-refractivity contribution in [3.05, 3.63) is 30.1 Å². The third-order valence-corrected chi connectivity index (χ3v) is 5.33. The van der Waals surface area contributed by atoms with Gasteiger partial charge in [0.2, 0.25) is 11.8 Å². The van der Waals surface area contributed by atoms with E-state index in [-0.39, 0.29) is 29.6 Å². The second-order valence-corrected chi connectivity index (χ2v) is 7.20. The first-order valence-corrected chi connectivity index (χ1v) is 9.15. The van der Waals surface area contributed by atoms with Crippen molar-refractivity contribution >= 4 is 11.8 Å². The Kier molecular flexibility index (Phi) is 5.68. The lowest BCUT2D eigenvalue weighted by Crippen LogP contribution is -2.46. The molecule has 1 N–H and O–H groups in total. The zero-order valence-electron chi connectivity index (χ0n) is 14.9. The number of carbonyl (C=O) groups is 2. The van der Waals surface area contributed by atoms with Gasteiger partial charge in [0, 0.05) is 37.7 Å². The van der Waals surface area contributed by atoms with E-state index in [1.54, 1.807) is 11.1 Å². The van der Waals surface area contributed by atoms with Crippen molar-refractivity contribution in [2.45, 2.75) is 39.2 Å². The van der Waals surface area contributed by atoms with E-state index in [0.29, 0.717) is 32.8 Å². The average molecular weight is 345 g/mol. The van der Waals surface area contributed by atoms with E-state index < -0.39 is 0 Å². The Balaban J connectivity index is 1.49. The van der Waals surface area contributed by atoms with Crippen LogP contribution in [0.4, 0.5) is 0 Å². The maximum atomic E-state index is 12.5. The molecule has 0 unspecified atom stereocenters. The highest BCUT2D eigenvalue weighted by molar-refractivity contribution is 5.89. The Bertz CT molecular complexity index is 601. The molecule has 1 saturated carbocycles. The standard InChI is InChI=1S/C19H27N3O3/c1-2-25-14-19(7-5-8-19)13-21-18(24)15-10-17(23)22(11-15)12-16-6-3-4-9-20-16/h3-4,6,9,15H,2,5,7-8,10-14H2,1H3,(H,21,24)/t15-/m1/s1.